The van der Waals surface area contributed by atoms with Crippen LogP contribution in [0.1, 0.15) is 168 Å². The number of carbonyl (C=O) groups is 1. The van der Waals surface area contributed by atoms with Crippen molar-refractivity contribution >= 4 is 5.91 Å². The summed E-state index contributed by atoms with van der Waals surface area (Å²) in [6.07, 6.45) is 34.7. The predicted molar refractivity (Wildman–Crippen MR) is 171 cm³/mol. The average molecular weight is 566 g/mol. The molecule has 0 heterocycles. The predicted octanol–water partition coefficient (Wildman–Crippen LogP) is 8.70. The number of unbranched alkanes of at least 4 members (excludes halogenated alkanes) is 20. The fraction of sp³-hybridized carbons (Fsp3) is 0.857. The van der Waals surface area contributed by atoms with Crippen molar-refractivity contribution in [2.45, 2.75) is 186 Å². The lowest BCUT2D eigenvalue weighted by molar-refractivity contribution is -0.124. The van der Waals surface area contributed by atoms with Gasteiger partial charge in [0.25, 0.3) is 0 Å². The molecule has 5 nitrogen and oxygen atoms in total. The number of amides is 1. The van der Waals surface area contributed by atoms with E-state index in [9.17, 15) is 20.1 Å². The molecule has 0 aromatic heterocycles. The van der Waals surface area contributed by atoms with Crippen molar-refractivity contribution in [1.82, 2.24) is 5.32 Å². The third-order valence-corrected chi connectivity index (χ3v) is 7.73. The lowest BCUT2D eigenvalue weighted by Gasteiger charge is -2.20. The van der Waals surface area contributed by atoms with Crippen molar-refractivity contribution in [3.8, 4) is 0 Å². The number of hydrogen-bond acceptors (Lipinski definition) is 4. The van der Waals surface area contributed by atoms with Gasteiger partial charge < -0.3 is 20.6 Å². The summed E-state index contributed by atoms with van der Waals surface area (Å²) in [7, 11) is 0. The number of aliphatic hydroxyl groups is 3. The lowest BCUT2D eigenvalue weighted by atomic mass is 10.0. The van der Waals surface area contributed by atoms with Gasteiger partial charge in [0, 0.05) is 0 Å². The van der Waals surface area contributed by atoms with Gasteiger partial charge in [-0.3, -0.25) is 4.79 Å². The fourth-order valence-corrected chi connectivity index (χ4v) is 5.04. The van der Waals surface area contributed by atoms with Gasteiger partial charge in [-0.15, -0.1) is 0 Å². The van der Waals surface area contributed by atoms with Crippen molar-refractivity contribution in [2.75, 3.05) is 6.61 Å². The van der Waals surface area contributed by atoms with Crippen LogP contribution in [0.25, 0.3) is 0 Å². The Morgan fingerprint density at radius 2 is 1.05 bits per heavy atom. The monoisotopic (exact) mass is 566 g/mol. The Kier molecular flexibility index (Phi) is 29.9. The molecule has 0 spiro atoms. The average Bonchev–Trinajstić information content (AvgIpc) is 2.94. The van der Waals surface area contributed by atoms with E-state index in [0.717, 1.165) is 25.7 Å². The van der Waals surface area contributed by atoms with E-state index in [0.29, 0.717) is 6.42 Å². The molecule has 0 aliphatic carbocycles. The van der Waals surface area contributed by atoms with E-state index in [1.54, 1.807) is 6.08 Å². The van der Waals surface area contributed by atoms with Crippen LogP contribution in [-0.4, -0.2) is 46.1 Å². The largest absolute Gasteiger partial charge is 0.394 e. The summed E-state index contributed by atoms with van der Waals surface area (Å²) < 4.78 is 0. The molecule has 0 bridgehead atoms. The van der Waals surface area contributed by atoms with Crippen molar-refractivity contribution < 1.29 is 20.1 Å². The molecule has 0 saturated carbocycles. The first kappa shape index (κ1) is 38.8. The molecular formula is C35H67NO4. The van der Waals surface area contributed by atoms with E-state index in [4.69, 9.17) is 0 Å². The van der Waals surface area contributed by atoms with E-state index in [1.165, 1.54) is 116 Å². The zero-order valence-electron chi connectivity index (χ0n) is 26.5. The van der Waals surface area contributed by atoms with Crippen LogP contribution in [0, 0.1) is 0 Å². The molecule has 4 N–H and O–H groups in total. The summed E-state index contributed by atoms with van der Waals surface area (Å²) in [4.78, 5) is 12.2. The van der Waals surface area contributed by atoms with Crippen LogP contribution in [0.3, 0.4) is 0 Å². The number of hydrogen-bond donors (Lipinski definition) is 4. The Balaban J connectivity index is 3.73. The molecule has 0 aliphatic rings. The van der Waals surface area contributed by atoms with Gasteiger partial charge in [0.15, 0.2) is 0 Å². The molecule has 1 amide bonds. The van der Waals surface area contributed by atoms with Crippen LogP contribution in [0.4, 0.5) is 0 Å². The molecule has 3 unspecified atom stereocenters. The Hall–Kier alpha value is -1.17. The Labute approximate surface area is 248 Å². The van der Waals surface area contributed by atoms with Crippen molar-refractivity contribution in [2.24, 2.45) is 0 Å². The van der Waals surface area contributed by atoms with Gasteiger partial charge in [-0.25, -0.2) is 0 Å². The highest BCUT2D eigenvalue weighted by atomic mass is 16.3. The van der Waals surface area contributed by atoms with Gasteiger partial charge in [-0.2, -0.15) is 0 Å². The summed E-state index contributed by atoms with van der Waals surface area (Å²) in [5, 5.41) is 32.7. The van der Waals surface area contributed by atoms with Crippen molar-refractivity contribution in [3.05, 3.63) is 24.3 Å². The maximum atomic E-state index is 12.2. The second-order valence-electron chi connectivity index (χ2n) is 11.8. The Morgan fingerprint density at radius 1 is 0.625 bits per heavy atom. The minimum Gasteiger partial charge on any atom is -0.394 e. The van der Waals surface area contributed by atoms with Gasteiger partial charge in [0.2, 0.25) is 5.91 Å². The summed E-state index contributed by atoms with van der Waals surface area (Å²) in [6, 6.07) is -0.754. The third-order valence-electron chi connectivity index (χ3n) is 7.73. The molecule has 0 aromatic rings. The summed E-state index contributed by atoms with van der Waals surface area (Å²) in [5.74, 6) is -0.354. The van der Waals surface area contributed by atoms with Gasteiger partial charge in [0.05, 0.1) is 31.3 Å². The second-order valence-corrected chi connectivity index (χ2v) is 11.8. The quantitative estimate of drug-likeness (QED) is 0.0518. The number of rotatable bonds is 30. The summed E-state index contributed by atoms with van der Waals surface area (Å²) in [5.41, 5.74) is 0. The number of carbonyl (C=O) groups excluding carboxylic acids is 1. The molecule has 3 atom stereocenters. The normalized spacial score (nSPS) is 14.2. The highest BCUT2D eigenvalue weighted by Gasteiger charge is 2.19. The molecule has 0 aromatic carbocycles. The molecule has 40 heavy (non-hydrogen) atoms. The molecule has 0 fully saturated rings. The molecule has 236 valence electrons. The third kappa shape index (κ3) is 27.0. The Morgan fingerprint density at radius 3 is 1.52 bits per heavy atom. The highest BCUT2D eigenvalue weighted by Crippen LogP contribution is 2.14. The molecular weight excluding hydrogens is 498 g/mol. The van der Waals surface area contributed by atoms with Crippen molar-refractivity contribution in [3.63, 3.8) is 0 Å². The van der Waals surface area contributed by atoms with E-state index in [-0.39, 0.29) is 18.9 Å². The van der Waals surface area contributed by atoms with E-state index in [1.807, 2.05) is 12.2 Å². The molecule has 0 saturated heterocycles. The first-order chi connectivity index (χ1) is 19.5. The van der Waals surface area contributed by atoms with Gasteiger partial charge in [0.1, 0.15) is 0 Å². The minimum atomic E-state index is -0.935. The fourth-order valence-electron chi connectivity index (χ4n) is 5.04. The van der Waals surface area contributed by atoms with Crippen LogP contribution >= 0.6 is 0 Å². The number of allylic oxidation sites excluding steroid dienone is 2. The van der Waals surface area contributed by atoms with Gasteiger partial charge in [-0.1, -0.05) is 154 Å². The standard InChI is InChI=1S/C35H67NO4/c1-3-5-7-9-11-12-13-14-15-16-17-18-19-20-21-23-25-27-29-34(39)33(31-37)36-35(40)30-32(38)28-26-24-22-10-8-6-4-2/h24,26-27,29,32-34,37-39H,3-23,25,28,30-31H2,1-2H3,(H,36,40)/b26-24-,29-27+. The van der Waals surface area contributed by atoms with Crippen LogP contribution in [0.15, 0.2) is 24.3 Å². The molecule has 0 rings (SSSR count). The lowest BCUT2D eigenvalue weighted by Crippen LogP contribution is -2.45. The maximum absolute atomic E-state index is 12.2. The van der Waals surface area contributed by atoms with Crippen LogP contribution in [0.5, 0.6) is 0 Å². The zero-order chi connectivity index (χ0) is 29.5. The summed E-state index contributed by atoms with van der Waals surface area (Å²) >= 11 is 0. The molecule has 5 heteroatoms. The highest BCUT2D eigenvalue weighted by molar-refractivity contribution is 5.76. The van der Waals surface area contributed by atoms with E-state index in [2.05, 4.69) is 25.2 Å². The topological polar surface area (TPSA) is 89.8 Å². The smallest absolute Gasteiger partial charge is 0.223 e. The number of aliphatic hydroxyl groups excluding tert-OH is 3. The van der Waals surface area contributed by atoms with E-state index >= 15 is 0 Å². The van der Waals surface area contributed by atoms with Gasteiger partial charge in [-0.05, 0) is 32.1 Å². The van der Waals surface area contributed by atoms with Gasteiger partial charge >= 0.3 is 0 Å². The molecule has 0 radical (unpaired) electrons. The summed E-state index contributed by atoms with van der Waals surface area (Å²) in [6.45, 7) is 4.12. The SMILES string of the molecule is CCCCCC/C=C\CC(O)CC(=O)NC(CO)C(O)/C=C/CCCCCCCCCCCCCCCCCC. The molecule has 0 aliphatic heterocycles. The first-order valence-corrected chi connectivity index (χ1v) is 17.1. The van der Waals surface area contributed by atoms with Crippen LogP contribution in [-0.2, 0) is 4.79 Å². The van der Waals surface area contributed by atoms with Crippen molar-refractivity contribution in [1.29, 1.82) is 0 Å². The second kappa shape index (κ2) is 30.8. The first-order valence-electron chi connectivity index (χ1n) is 17.1. The number of nitrogens with one attached hydrogen (secondary N) is 1. The van der Waals surface area contributed by atoms with Crippen LogP contribution in [0.2, 0.25) is 0 Å². The maximum Gasteiger partial charge on any atom is 0.223 e. The minimum absolute atomic E-state index is 0.0354. The zero-order valence-corrected chi connectivity index (χ0v) is 26.5. The van der Waals surface area contributed by atoms with E-state index < -0.39 is 18.2 Å². The Bertz CT molecular complexity index is 592. The van der Waals surface area contributed by atoms with Crippen LogP contribution < -0.4 is 5.32 Å².